The van der Waals surface area contributed by atoms with Crippen molar-refractivity contribution in [2.75, 3.05) is 0 Å². The number of hydrogen-bond donors (Lipinski definition) is 1. The van der Waals surface area contributed by atoms with Crippen molar-refractivity contribution in [3.05, 3.63) is 35.4 Å². The zero-order chi connectivity index (χ0) is 11.3. The Hall–Kier alpha value is -1.35. The van der Waals surface area contributed by atoms with Crippen LogP contribution in [-0.2, 0) is 22.7 Å². The highest BCUT2D eigenvalue weighted by Crippen LogP contribution is 2.06. The van der Waals surface area contributed by atoms with Gasteiger partial charge in [0.2, 0.25) is 0 Å². The molecule has 3 nitrogen and oxygen atoms in total. The summed E-state index contributed by atoms with van der Waals surface area (Å²) in [6.07, 6.45) is 0. The Morgan fingerprint density at radius 2 is 1.80 bits per heavy atom. The summed E-state index contributed by atoms with van der Waals surface area (Å²) in [4.78, 5) is 11.2. The Morgan fingerprint density at radius 1 is 1.27 bits per heavy atom. The summed E-state index contributed by atoms with van der Waals surface area (Å²) in [7, 11) is 0. The summed E-state index contributed by atoms with van der Waals surface area (Å²) < 4.78 is 5.09. The van der Waals surface area contributed by atoms with E-state index in [1.807, 2.05) is 38.1 Å². The number of carbonyl (C=O) groups excluding carboxylic acids is 1. The van der Waals surface area contributed by atoms with Crippen molar-refractivity contribution in [1.29, 1.82) is 0 Å². The third kappa shape index (κ3) is 3.72. The largest absolute Gasteiger partial charge is 0.461 e. The molecule has 1 aromatic carbocycles. The van der Waals surface area contributed by atoms with Gasteiger partial charge in [0.25, 0.3) is 0 Å². The van der Waals surface area contributed by atoms with Crippen molar-refractivity contribution < 1.29 is 9.53 Å². The topological polar surface area (TPSA) is 52.3 Å². The zero-order valence-corrected chi connectivity index (χ0v) is 9.19. The molecule has 0 aliphatic rings. The van der Waals surface area contributed by atoms with Crippen LogP contribution in [0.1, 0.15) is 25.0 Å². The van der Waals surface area contributed by atoms with E-state index >= 15 is 0 Å². The number of benzene rings is 1. The number of esters is 1. The van der Waals surface area contributed by atoms with Crippen LogP contribution in [0.3, 0.4) is 0 Å². The Morgan fingerprint density at radius 3 is 2.27 bits per heavy atom. The fourth-order valence-corrected chi connectivity index (χ4v) is 1.09. The van der Waals surface area contributed by atoms with Crippen molar-refractivity contribution in [2.24, 2.45) is 11.7 Å². The first kappa shape index (κ1) is 11.7. The van der Waals surface area contributed by atoms with Gasteiger partial charge in [-0.1, -0.05) is 38.1 Å². The van der Waals surface area contributed by atoms with Crippen LogP contribution in [-0.4, -0.2) is 5.97 Å². The fourth-order valence-electron chi connectivity index (χ4n) is 1.09. The Kier molecular flexibility index (Phi) is 4.31. The molecule has 2 N–H and O–H groups in total. The molecule has 0 aliphatic carbocycles. The number of carbonyl (C=O) groups is 1. The summed E-state index contributed by atoms with van der Waals surface area (Å²) in [5, 5.41) is 0. The first-order valence-corrected chi connectivity index (χ1v) is 5.08. The lowest BCUT2D eigenvalue weighted by Gasteiger charge is -2.07. The molecule has 3 heteroatoms. The van der Waals surface area contributed by atoms with Gasteiger partial charge in [0.05, 0.1) is 5.92 Å². The van der Waals surface area contributed by atoms with E-state index in [1.165, 1.54) is 0 Å². The third-order valence-electron chi connectivity index (χ3n) is 2.11. The summed E-state index contributed by atoms with van der Waals surface area (Å²) in [6.45, 7) is 4.51. The molecule has 0 unspecified atom stereocenters. The highest BCUT2D eigenvalue weighted by Gasteiger charge is 2.07. The average Bonchev–Trinajstić information content (AvgIpc) is 2.26. The molecule has 0 fully saturated rings. The van der Waals surface area contributed by atoms with Gasteiger partial charge in [0.15, 0.2) is 0 Å². The molecule has 0 aromatic heterocycles. The van der Waals surface area contributed by atoms with Gasteiger partial charge in [-0.05, 0) is 11.1 Å². The molecule has 0 bridgehead atoms. The van der Waals surface area contributed by atoms with Crippen LogP contribution < -0.4 is 5.73 Å². The van der Waals surface area contributed by atoms with Crippen LogP contribution in [0.2, 0.25) is 0 Å². The number of hydrogen-bond acceptors (Lipinski definition) is 3. The molecular weight excluding hydrogens is 190 g/mol. The van der Waals surface area contributed by atoms with E-state index in [0.717, 1.165) is 11.1 Å². The monoisotopic (exact) mass is 207 g/mol. The highest BCUT2D eigenvalue weighted by molar-refractivity contribution is 5.71. The van der Waals surface area contributed by atoms with Crippen molar-refractivity contribution in [1.82, 2.24) is 0 Å². The second-order valence-corrected chi connectivity index (χ2v) is 3.78. The van der Waals surface area contributed by atoms with Crippen molar-refractivity contribution >= 4 is 5.97 Å². The molecule has 0 heterocycles. The summed E-state index contributed by atoms with van der Waals surface area (Å²) in [5.74, 6) is -0.244. The van der Waals surface area contributed by atoms with Crippen LogP contribution in [0.5, 0.6) is 0 Å². The first-order valence-electron chi connectivity index (χ1n) is 5.08. The standard InChI is InChI=1S/C12H17NO2/c1-9(2)12(14)15-8-11-5-3-10(7-13)4-6-11/h3-6,9H,7-8,13H2,1-2H3. The lowest BCUT2D eigenvalue weighted by atomic mass is 10.1. The quantitative estimate of drug-likeness (QED) is 0.766. The normalized spacial score (nSPS) is 10.4. The van der Waals surface area contributed by atoms with Gasteiger partial charge in [-0.2, -0.15) is 0 Å². The van der Waals surface area contributed by atoms with Crippen molar-refractivity contribution in [3.8, 4) is 0 Å². The lowest BCUT2D eigenvalue weighted by Crippen LogP contribution is -2.11. The fraction of sp³-hybridized carbons (Fsp3) is 0.417. The molecule has 15 heavy (non-hydrogen) atoms. The Bertz CT molecular complexity index is 317. The molecule has 0 radical (unpaired) electrons. The maximum absolute atomic E-state index is 11.2. The smallest absolute Gasteiger partial charge is 0.308 e. The third-order valence-corrected chi connectivity index (χ3v) is 2.11. The van der Waals surface area contributed by atoms with Gasteiger partial charge in [0.1, 0.15) is 6.61 Å². The number of nitrogens with two attached hydrogens (primary N) is 1. The first-order chi connectivity index (χ1) is 7.13. The minimum atomic E-state index is -0.169. The number of rotatable bonds is 4. The van der Waals surface area contributed by atoms with E-state index in [1.54, 1.807) is 0 Å². The SMILES string of the molecule is CC(C)C(=O)OCc1ccc(CN)cc1. The second-order valence-electron chi connectivity index (χ2n) is 3.78. The molecule has 1 rings (SSSR count). The molecular formula is C12H17NO2. The lowest BCUT2D eigenvalue weighted by molar-refractivity contribution is -0.148. The van der Waals surface area contributed by atoms with E-state index in [-0.39, 0.29) is 11.9 Å². The average molecular weight is 207 g/mol. The van der Waals surface area contributed by atoms with Crippen LogP contribution in [0, 0.1) is 5.92 Å². The van der Waals surface area contributed by atoms with Crippen LogP contribution >= 0.6 is 0 Å². The van der Waals surface area contributed by atoms with Crippen molar-refractivity contribution in [3.63, 3.8) is 0 Å². The molecule has 0 aliphatic heterocycles. The maximum atomic E-state index is 11.2. The van der Waals surface area contributed by atoms with Gasteiger partial charge >= 0.3 is 5.97 Å². The molecule has 0 saturated heterocycles. The van der Waals surface area contributed by atoms with Crippen molar-refractivity contribution in [2.45, 2.75) is 27.0 Å². The molecule has 0 saturated carbocycles. The Labute approximate surface area is 90.2 Å². The van der Waals surface area contributed by atoms with Crippen LogP contribution in [0.15, 0.2) is 24.3 Å². The predicted molar refractivity (Wildman–Crippen MR) is 59.0 cm³/mol. The van der Waals surface area contributed by atoms with E-state index in [0.29, 0.717) is 13.2 Å². The maximum Gasteiger partial charge on any atom is 0.308 e. The number of ether oxygens (including phenoxy) is 1. The van der Waals surface area contributed by atoms with Gasteiger partial charge < -0.3 is 10.5 Å². The minimum absolute atomic E-state index is 0.0756. The Balaban J connectivity index is 2.47. The van der Waals surface area contributed by atoms with Gasteiger partial charge in [-0.15, -0.1) is 0 Å². The van der Waals surface area contributed by atoms with E-state index < -0.39 is 0 Å². The van der Waals surface area contributed by atoms with Crippen LogP contribution in [0.4, 0.5) is 0 Å². The van der Waals surface area contributed by atoms with Crippen LogP contribution in [0.25, 0.3) is 0 Å². The predicted octanol–water partition coefficient (Wildman–Crippen LogP) is 1.84. The van der Waals surface area contributed by atoms with E-state index in [9.17, 15) is 4.79 Å². The molecule has 82 valence electrons. The minimum Gasteiger partial charge on any atom is -0.461 e. The molecule has 0 atom stereocenters. The molecule has 0 spiro atoms. The second kappa shape index (κ2) is 5.51. The van der Waals surface area contributed by atoms with E-state index in [2.05, 4.69) is 0 Å². The van der Waals surface area contributed by atoms with Gasteiger partial charge in [0, 0.05) is 6.54 Å². The highest BCUT2D eigenvalue weighted by atomic mass is 16.5. The van der Waals surface area contributed by atoms with Gasteiger partial charge in [-0.25, -0.2) is 0 Å². The van der Waals surface area contributed by atoms with E-state index in [4.69, 9.17) is 10.5 Å². The molecule has 0 amide bonds. The zero-order valence-electron chi connectivity index (χ0n) is 9.19. The summed E-state index contributed by atoms with van der Waals surface area (Å²) >= 11 is 0. The molecule has 1 aromatic rings. The van der Waals surface area contributed by atoms with Gasteiger partial charge in [-0.3, -0.25) is 4.79 Å². The summed E-state index contributed by atoms with van der Waals surface area (Å²) in [6, 6.07) is 7.74. The summed E-state index contributed by atoms with van der Waals surface area (Å²) in [5.41, 5.74) is 7.54.